The molecule has 0 saturated carbocycles. The third kappa shape index (κ3) is 10.6. The fourth-order valence-corrected chi connectivity index (χ4v) is 4.56. The van der Waals surface area contributed by atoms with E-state index in [0.717, 1.165) is 19.3 Å². The summed E-state index contributed by atoms with van der Waals surface area (Å²) >= 11 is 0. The van der Waals surface area contributed by atoms with E-state index in [4.69, 9.17) is 4.74 Å². The minimum atomic E-state index is -1.05. The normalized spacial score (nSPS) is 13.5. The van der Waals surface area contributed by atoms with Gasteiger partial charge in [0.15, 0.2) is 0 Å². The lowest BCUT2D eigenvalue weighted by atomic mass is 9.98. The van der Waals surface area contributed by atoms with E-state index in [1.165, 1.54) is 23.1 Å². The molecule has 0 bridgehead atoms. The van der Waals surface area contributed by atoms with Gasteiger partial charge in [-0.3, -0.25) is 9.59 Å². The van der Waals surface area contributed by atoms with Crippen LogP contribution in [0.5, 0.6) is 11.5 Å². The van der Waals surface area contributed by atoms with Gasteiger partial charge in [0.25, 0.3) is 0 Å². The molecule has 9 heteroatoms. The van der Waals surface area contributed by atoms with Gasteiger partial charge in [0.1, 0.15) is 29.2 Å². The van der Waals surface area contributed by atoms with Gasteiger partial charge >= 0.3 is 6.09 Å². The van der Waals surface area contributed by atoms with E-state index in [-0.39, 0.29) is 36.4 Å². The van der Waals surface area contributed by atoms with Crippen molar-refractivity contribution in [3.05, 3.63) is 59.2 Å². The first-order valence-electron chi connectivity index (χ1n) is 14.4. The van der Waals surface area contributed by atoms with Gasteiger partial charge in [-0.25, -0.2) is 4.79 Å². The van der Waals surface area contributed by atoms with Gasteiger partial charge in [-0.2, -0.15) is 0 Å². The summed E-state index contributed by atoms with van der Waals surface area (Å²) in [6.45, 7) is 13.2. The average Bonchev–Trinajstić information content (AvgIpc) is 2.87. The van der Waals surface area contributed by atoms with E-state index < -0.39 is 29.7 Å². The van der Waals surface area contributed by atoms with E-state index in [2.05, 4.69) is 10.6 Å². The van der Waals surface area contributed by atoms with Gasteiger partial charge in [0.2, 0.25) is 11.8 Å². The standard InChI is InChI=1S/C32H47N3O6/c1-8-10-18-35(28(29(38)33-22(4)11-9-2)24-14-17-27(37)21(3)19-24)30(39)26(34-31(40)41-32(5,6)7)20-23-12-15-25(36)16-13-23/h12-17,19,22,26,28,36-37H,8-11,18,20H2,1-7H3,(H,33,38)(H,34,40). The Morgan fingerprint density at radius 3 is 2.20 bits per heavy atom. The fraction of sp³-hybridized carbons (Fsp3) is 0.531. The smallest absolute Gasteiger partial charge is 0.408 e. The zero-order valence-electron chi connectivity index (χ0n) is 25.5. The van der Waals surface area contributed by atoms with Crippen LogP contribution in [0.15, 0.2) is 42.5 Å². The summed E-state index contributed by atoms with van der Waals surface area (Å²) in [5, 5.41) is 25.7. The molecule has 0 spiro atoms. The van der Waals surface area contributed by atoms with Crippen molar-refractivity contribution < 1.29 is 29.3 Å². The van der Waals surface area contributed by atoms with Gasteiger partial charge in [-0.15, -0.1) is 0 Å². The maximum Gasteiger partial charge on any atom is 0.408 e. The largest absolute Gasteiger partial charge is 0.508 e. The highest BCUT2D eigenvalue weighted by atomic mass is 16.6. The second-order valence-electron chi connectivity index (χ2n) is 11.6. The summed E-state index contributed by atoms with van der Waals surface area (Å²) in [5.41, 5.74) is 1.08. The highest BCUT2D eigenvalue weighted by Crippen LogP contribution is 2.28. The lowest BCUT2D eigenvalue weighted by molar-refractivity contribution is -0.142. The average molecular weight is 570 g/mol. The molecule has 2 aromatic carbocycles. The number of phenols is 2. The Morgan fingerprint density at radius 1 is 0.976 bits per heavy atom. The zero-order valence-corrected chi connectivity index (χ0v) is 25.5. The van der Waals surface area contributed by atoms with E-state index in [9.17, 15) is 24.6 Å². The van der Waals surface area contributed by atoms with Gasteiger partial charge in [-0.1, -0.05) is 44.9 Å². The topological polar surface area (TPSA) is 128 Å². The van der Waals surface area contributed by atoms with E-state index in [0.29, 0.717) is 23.1 Å². The van der Waals surface area contributed by atoms with Crippen molar-refractivity contribution in [1.82, 2.24) is 15.5 Å². The van der Waals surface area contributed by atoms with Crippen LogP contribution in [0.2, 0.25) is 0 Å². The minimum absolute atomic E-state index is 0.0851. The van der Waals surface area contributed by atoms with Gasteiger partial charge < -0.3 is 30.5 Å². The fourth-order valence-electron chi connectivity index (χ4n) is 4.56. The van der Waals surface area contributed by atoms with Crippen molar-refractivity contribution in [2.75, 3.05) is 6.54 Å². The van der Waals surface area contributed by atoms with Crippen LogP contribution in [0.4, 0.5) is 4.79 Å². The van der Waals surface area contributed by atoms with Crippen molar-refractivity contribution >= 4 is 17.9 Å². The Bertz CT molecular complexity index is 1160. The summed E-state index contributed by atoms with van der Waals surface area (Å²) in [6.07, 6.45) is 2.45. The first-order valence-corrected chi connectivity index (χ1v) is 14.4. The number of hydrogen-bond donors (Lipinski definition) is 4. The maximum absolute atomic E-state index is 14.4. The molecule has 0 aromatic heterocycles. The van der Waals surface area contributed by atoms with E-state index in [1.54, 1.807) is 52.0 Å². The van der Waals surface area contributed by atoms with Gasteiger partial charge in [0.05, 0.1) is 0 Å². The van der Waals surface area contributed by atoms with Crippen molar-refractivity contribution in [2.45, 2.75) is 104 Å². The second kappa shape index (κ2) is 15.3. The molecule has 0 aliphatic carbocycles. The number of amides is 3. The van der Waals surface area contributed by atoms with Gasteiger partial charge in [-0.05, 0) is 88.4 Å². The molecular formula is C32H47N3O6. The molecule has 0 aliphatic heterocycles. The molecule has 226 valence electrons. The first kappa shape index (κ1) is 33.5. The number of rotatable bonds is 13. The van der Waals surface area contributed by atoms with Crippen LogP contribution in [0.3, 0.4) is 0 Å². The summed E-state index contributed by atoms with van der Waals surface area (Å²) in [5.74, 6) is -0.593. The maximum atomic E-state index is 14.4. The number of nitrogens with one attached hydrogen (secondary N) is 2. The van der Waals surface area contributed by atoms with Crippen molar-refractivity contribution in [3.63, 3.8) is 0 Å². The van der Waals surface area contributed by atoms with Crippen LogP contribution in [0, 0.1) is 6.92 Å². The van der Waals surface area contributed by atoms with Gasteiger partial charge in [0, 0.05) is 19.0 Å². The number of hydrogen-bond acceptors (Lipinski definition) is 6. The Kier molecular flexibility index (Phi) is 12.5. The highest BCUT2D eigenvalue weighted by Gasteiger charge is 2.36. The van der Waals surface area contributed by atoms with Crippen LogP contribution in [0.25, 0.3) is 0 Å². The Balaban J connectivity index is 2.58. The monoisotopic (exact) mass is 569 g/mol. The first-order chi connectivity index (χ1) is 19.2. The Hall–Kier alpha value is -3.75. The molecule has 2 rings (SSSR count). The summed E-state index contributed by atoms with van der Waals surface area (Å²) < 4.78 is 5.47. The molecule has 4 N–H and O–H groups in total. The van der Waals surface area contributed by atoms with Crippen molar-refractivity contribution in [1.29, 1.82) is 0 Å². The number of carbonyl (C=O) groups excluding carboxylic acids is 3. The molecule has 3 amide bonds. The number of nitrogens with zero attached hydrogens (tertiary/aromatic N) is 1. The minimum Gasteiger partial charge on any atom is -0.508 e. The lowest BCUT2D eigenvalue weighted by Crippen LogP contribution is -2.54. The molecule has 3 atom stereocenters. The number of ether oxygens (including phenoxy) is 1. The van der Waals surface area contributed by atoms with E-state index in [1.807, 2.05) is 20.8 Å². The number of carbonyl (C=O) groups is 3. The Morgan fingerprint density at radius 2 is 1.63 bits per heavy atom. The molecule has 0 fully saturated rings. The van der Waals surface area contributed by atoms with Crippen molar-refractivity contribution in [2.24, 2.45) is 0 Å². The number of unbranched alkanes of at least 4 members (excludes halogenated alkanes) is 1. The number of benzene rings is 2. The molecule has 9 nitrogen and oxygen atoms in total. The predicted molar refractivity (Wildman–Crippen MR) is 160 cm³/mol. The Labute approximate surface area is 244 Å². The van der Waals surface area contributed by atoms with Crippen LogP contribution >= 0.6 is 0 Å². The molecule has 0 saturated heterocycles. The highest BCUT2D eigenvalue weighted by molar-refractivity contribution is 5.92. The van der Waals surface area contributed by atoms with E-state index >= 15 is 0 Å². The number of aryl methyl sites for hydroxylation is 1. The van der Waals surface area contributed by atoms with Crippen LogP contribution < -0.4 is 10.6 Å². The predicted octanol–water partition coefficient (Wildman–Crippen LogP) is 5.52. The summed E-state index contributed by atoms with van der Waals surface area (Å²) in [6, 6.07) is 9.15. The van der Waals surface area contributed by atoms with Crippen LogP contribution in [0.1, 0.15) is 90.0 Å². The third-order valence-corrected chi connectivity index (χ3v) is 6.61. The quantitative estimate of drug-likeness (QED) is 0.252. The summed E-state index contributed by atoms with van der Waals surface area (Å²) in [7, 11) is 0. The SMILES string of the molecule is CCCCN(C(=O)C(Cc1ccc(O)cc1)NC(=O)OC(C)(C)C)C(C(=O)NC(C)CCC)c1ccc(O)c(C)c1. The molecule has 0 radical (unpaired) electrons. The summed E-state index contributed by atoms with van der Waals surface area (Å²) in [4.78, 5) is 42.6. The van der Waals surface area contributed by atoms with Crippen molar-refractivity contribution in [3.8, 4) is 11.5 Å². The molecule has 2 aromatic rings. The van der Waals surface area contributed by atoms with Crippen LogP contribution in [-0.4, -0.2) is 57.3 Å². The molecule has 0 heterocycles. The number of aromatic hydroxyl groups is 2. The zero-order chi connectivity index (χ0) is 30.7. The molecule has 3 unspecified atom stereocenters. The lowest BCUT2D eigenvalue weighted by Gasteiger charge is -2.35. The number of phenolic OH excluding ortho intramolecular Hbond substituents is 2. The molecular weight excluding hydrogens is 522 g/mol. The third-order valence-electron chi connectivity index (χ3n) is 6.61. The number of alkyl carbamates (subject to hydrolysis) is 1. The molecule has 41 heavy (non-hydrogen) atoms. The molecule has 0 aliphatic rings. The van der Waals surface area contributed by atoms with Crippen LogP contribution in [-0.2, 0) is 20.7 Å². The second-order valence-corrected chi connectivity index (χ2v) is 11.6.